The van der Waals surface area contributed by atoms with Crippen LogP contribution in [0.15, 0.2) is 109 Å². The van der Waals surface area contributed by atoms with Gasteiger partial charge in [-0.25, -0.2) is 4.98 Å². The number of piperazine rings is 1. The fourth-order valence-electron chi connectivity index (χ4n) is 5.70. The van der Waals surface area contributed by atoms with Crippen molar-refractivity contribution in [3.05, 3.63) is 154 Å². The molecule has 53 heavy (non-hydrogen) atoms. The van der Waals surface area contributed by atoms with E-state index < -0.39 is 0 Å². The van der Waals surface area contributed by atoms with Crippen molar-refractivity contribution in [2.45, 2.75) is 27.0 Å². The number of halogens is 1. The number of amides is 1. The third-order valence-corrected chi connectivity index (χ3v) is 8.97. The van der Waals surface area contributed by atoms with Gasteiger partial charge in [-0.1, -0.05) is 54.1 Å². The molecule has 3 heterocycles. The molecule has 1 aliphatic heterocycles. The lowest BCUT2D eigenvalue weighted by Gasteiger charge is -2.34. The van der Waals surface area contributed by atoms with Crippen molar-refractivity contribution in [3.63, 3.8) is 0 Å². The first-order valence-corrected chi connectivity index (χ1v) is 17.8. The summed E-state index contributed by atoms with van der Waals surface area (Å²) in [6.45, 7) is 8.47. The normalized spacial score (nSPS) is 13.3. The number of carbonyl (C=O) groups is 1. The second-order valence-corrected chi connectivity index (χ2v) is 13.1. The number of carbonyl (C=O) groups excluding carboxylic acids is 1. The topological polar surface area (TPSA) is 101 Å². The zero-order chi connectivity index (χ0) is 37.0. The molecule has 0 saturated carbocycles. The minimum absolute atomic E-state index is 0.0248. The van der Waals surface area contributed by atoms with Crippen LogP contribution in [-0.2, 0) is 17.9 Å². The summed E-state index contributed by atoms with van der Waals surface area (Å²) in [5.41, 5.74) is 6.49. The molecule has 0 N–H and O–H groups in total. The number of pyridine rings is 2. The van der Waals surface area contributed by atoms with E-state index in [0.29, 0.717) is 54.3 Å². The Balaban J connectivity index is 0.929. The summed E-state index contributed by atoms with van der Waals surface area (Å²) in [6, 6.07) is 28.9. The van der Waals surface area contributed by atoms with Crippen LogP contribution in [0.2, 0.25) is 5.02 Å². The third-order valence-electron chi connectivity index (χ3n) is 8.68. The van der Waals surface area contributed by atoms with Crippen LogP contribution in [0.3, 0.4) is 0 Å². The van der Waals surface area contributed by atoms with Crippen molar-refractivity contribution in [1.82, 2.24) is 19.8 Å². The van der Waals surface area contributed by atoms with Gasteiger partial charge in [0.05, 0.1) is 29.0 Å². The average Bonchev–Trinajstić information content (AvgIpc) is 3.18. The van der Waals surface area contributed by atoms with E-state index in [4.69, 9.17) is 31.1 Å². The van der Waals surface area contributed by atoms with Gasteiger partial charge in [-0.15, -0.1) is 0 Å². The van der Waals surface area contributed by atoms with Crippen LogP contribution in [0.25, 0.3) is 12.2 Å². The molecule has 1 saturated heterocycles. The minimum Gasteiger partial charge on any atom is -0.488 e. The number of nitriles is 1. The summed E-state index contributed by atoms with van der Waals surface area (Å²) in [5, 5.41) is 9.37. The smallest absolute Gasteiger partial charge is 0.246 e. The number of nitrogens with zero attached hydrogens (tertiary/aromatic N) is 5. The van der Waals surface area contributed by atoms with E-state index in [-0.39, 0.29) is 5.91 Å². The summed E-state index contributed by atoms with van der Waals surface area (Å²) < 4.78 is 17.5. The van der Waals surface area contributed by atoms with Gasteiger partial charge in [0.25, 0.3) is 0 Å². The van der Waals surface area contributed by atoms with Crippen LogP contribution >= 0.6 is 11.6 Å². The predicted molar refractivity (Wildman–Crippen MR) is 207 cm³/mol. The van der Waals surface area contributed by atoms with Crippen LogP contribution in [0.5, 0.6) is 23.1 Å². The van der Waals surface area contributed by atoms with E-state index >= 15 is 0 Å². The number of hydrogen-bond acceptors (Lipinski definition) is 8. The Kier molecular flexibility index (Phi) is 12.5. The molecule has 0 atom stereocenters. The van der Waals surface area contributed by atoms with Crippen molar-refractivity contribution >= 4 is 29.7 Å². The Labute approximate surface area is 315 Å². The van der Waals surface area contributed by atoms with Gasteiger partial charge in [-0.3, -0.25) is 14.7 Å². The minimum atomic E-state index is -0.0248. The molecule has 0 aliphatic carbocycles. The highest BCUT2D eigenvalue weighted by Crippen LogP contribution is 2.34. The number of benzene rings is 3. The van der Waals surface area contributed by atoms with Crippen LogP contribution < -0.4 is 14.2 Å². The van der Waals surface area contributed by atoms with E-state index in [9.17, 15) is 4.79 Å². The van der Waals surface area contributed by atoms with Gasteiger partial charge in [-0.05, 0) is 96.3 Å². The van der Waals surface area contributed by atoms with Crippen molar-refractivity contribution < 1.29 is 19.0 Å². The lowest BCUT2D eigenvalue weighted by Crippen LogP contribution is -2.47. The van der Waals surface area contributed by atoms with Gasteiger partial charge in [0.1, 0.15) is 24.7 Å². The maximum atomic E-state index is 13.0. The van der Waals surface area contributed by atoms with E-state index in [1.54, 1.807) is 54.9 Å². The summed E-state index contributed by atoms with van der Waals surface area (Å²) in [7, 11) is 0. The molecule has 6 rings (SSSR count). The molecule has 0 radical (unpaired) electrons. The average molecular weight is 726 g/mol. The van der Waals surface area contributed by atoms with Gasteiger partial charge in [0.15, 0.2) is 5.75 Å². The largest absolute Gasteiger partial charge is 0.488 e. The Bertz CT molecular complexity index is 2060. The Morgan fingerprint density at radius 1 is 0.830 bits per heavy atom. The molecule has 0 spiro atoms. The molecule has 1 fully saturated rings. The SMILES string of the molecule is Cc1ccc(OC/C=C/c2ccc(CN3CCN(C(=O)/C=C/c4cc(C)c(Oc5ccc(OCc6ccc(C#N)cc6)cn5)c(Cl)c4)CC3)cc2)cn1. The molecule has 9 nitrogen and oxygen atoms in total. The predicted octanol–water partition coefficient (Wildman–Crippen LogP) is 8.44. The van der Waals surface area contributed by atoms with Crippen molar-refractivity contribution in [2.75, 3.05) is 32.8 Å². The van der Waals surface area contributed by atoms with Crippen molar-refractivity contribution in [3.8, 4) is 29.2 Å². The van der Waals surface area contributed by atoms with Crippen molar-refractivity contribution in [2.24, 2.45) is 0 Å². The molecule has 1 aliphatic rings. The summed E-state index contributed by atoms with van der Waals surface area (Å²) in [6.07, 6.45) is 10.8. The fraction of sp³-hybridized carbons (Fsp3) is 0.209. The number of rotatable bonds is 13. The molecule has 5 aromatic rings. The second kappa shape index (κ2) is 18.0. The molecule has 268 valence electrons. The molecular formula is C43H40ClN5O4. The summed E-state index contributed by atoms with van der Waals surface area (Å²) in [5.74, 6) is 2.19. The Morgan fingerprint density at radius 3 is 2.23 bits per heavy atom. The molecular weight excluding hydrogens is 686 g/mol. The molecule has 2 aromatic heterocycles. The molecule has 3 aromatic carbocycles. The zero-order valence-corrected chi connectivity index (χ0v) is 30.5. The number of aromatic nitrogens is 2. The van der Waals surface area contributed by atoms with Gasteiger partial charge in [-0.2, -0.15) is 5.26 Å². The van der Waals surface area contributed by atoms with Gasteiger partial charge >= 0.3 is 0 Å². The maximum absolute atomic E-state index is 13.0. The highest BCUT2D eigenvalue weighted by atomic mass is 35.5. The Morgan fingerprint density at radius 2 is 1.55 bits per heavy atom. The fourth-order valence-corrected chi connectivity index (χ4v) is 6.02. The first kappa shape index (κ1) is 36.8. The van der Waals surface area contributed by atoms with E-state index in [1.807, 2.05) is 55.2 Å². The van der Waals surface area contributed by atoms with E-state index in [1.165, 1.54) is 5.56 Å². The quantitative estimate of drug-likeness (QED) is 0.112. The first-order chi connectivity index (χ1) is 25.8. The Hall–Kier alpha value is -5.95. The van der Waals surface area contributed by atoms with Gasteiger partial charge in [0.2, 0.25) is 11.8 Å². The molecule has 10 heteroatoms. The lowest BCUT2D eigenvalue weighted by atomic mass is 10.1. The van der Waals surface area contributed by atoms with E-state index in [2.05, 4.69) is 51.3 Å². The maximum Gasteiger partial charge on any atom is 0.246 e. The molecule has 0 unspecified atom stereocenters. The van der Waals surface area contributed by atoms with Gasteiger partial charge in [0, 0.05) is 50.6 Å². The van der Waals surface area contributed by atoms with Crippen LogP contribution in [0, 0.1) is 25.2 Å². The highest BCUT2D eigenvalue weighted by Gasteiger charge is 2.20. The lowest BCUT2D eigenvalue weighted by molar-refractivity contribution is -0.127. The van der Waals surface area contributed by atoms with Crippen molar-refractivity contribution in [1.29, 1.82) is 5.26 Å². The number of aryl methyl sites for hydroxylation is 2. The molecule has 1 amide bonds. The van der Waals surface area contributed by atoms with Gasteiger partial charge < -0.3 is 19.1 Å². The number of ether oxygens (including phenoxy) is 3. The highest BCUT2D eigenvalue weighted by molar-refractivity contribution is 6.32. The first-order valence-electron chi connectivity index (χ1n) is 17.4. The van der Waals surface area contributed by atoms with Crippen LogP contribution in [0.1, 0.15) is 39.1 Å². The molecule has 0 bridgehead atoms. The summed E-state index contributed by atoms with van der Waals surface area (Å²) in [4.78, 5) is 25.9. The monoisotopic (exact) mass is 725 g/mol. The van der Waals surface area contributed by atoms with E-state index in [0.717, 1.165) is 53.3 Å². The standard InChI is InChI=1S/C43H40ClN5O4/c1-31-24-37(25-40(44)43(31)53-41-17-16-39(28-47-41)52-30-36-12-8-34(26-45)9-13-36)14-18-42(50)49-21-19-48(20-22-49)29-35-10-6-33(7-11-35)4-3-23-51-38-15-5-32(2)46-27-38/h3-18,24-25,27-28H,19-23,29-30H2,1-2H3/b4-3+,18-14+. The number of hydrogen-bond donors (Lipinski definition) is 0. The summed E-state index contributed by atoms with van der Waals surface area (Å²) >= 11 is 6.62. The van der Waals surface area contributed by atoms with Crippen LogP contribution in [-0.4, -0.2) is 58.5 Å². The zero-order valence-electron chi connectivity index (χ0n) is 29.7. The van der Waals surface area contributed by atoms with Crippen LogP contribution in [0.4, 0.5) is 0 Å². The second-order valence-electron chi connectivity index (χ2n) is 12.7. The third kappa shape index (κ3) is 10.8.